The number of imidazole rings is 1. The average molecular weight is 503 g/mol. The van der Waals surface area contributed by atoms with Gasteiger partial charge in [0.05, 0.1) is 12.9 Å². The van der Waals surface area contributed by atoms with E-state index in [1.807, 2.05) is 29.8 Å². The normalized spacial score (nSPS) is 12.8. The Labute approximate surface area is 184 Å². The van der Waals surface area contributed by atoms with Gasteiger partial charge < -0.3 is 18.4 Å². The number of rotatable bonds is 5. The van der Waals surface area contributed by atoms with Crippen LogP contribution >= 0.6 is 35.4 Å². The third-order valence-electron chi connectivity index (χ3n) is 3.30. The minimum atomic E-state index is -5.17. The predicted molar refractivity (Wildman–Crippen MR) is 101 cm³/mol. The summed E-state index contributed by atoms with van der Waals surface area (Å²) in [5, 5.41) is 1.76. The molecule has 1 heterocycles. The van der Waals surface area contributed by atoms with Crippen molar-refractivity contribution in [3.63, 3.8) is 0 Å². The fourth-order valence-electron chi connectivity index (χ4n) is 2.29. The van der Waals surface area contributed by atoms with Crippen molar-refractivity contribution in [1.82, 2.24) is 9.55 Å². The molecule has 0 bridgehead atoms. The molecule has 0 aliphatic heterocycles. The van der Waals surface area contributed by atoms with E-state index in [0.717, 1.165) is 5.56 Å². The maximum Gasteiger partial charge on any atom is 2.00 e. The van der Waals surface area contributed by atoms with Crippen molar-refractivity contribution in [3.05, 3.63) is 52.5 Å². The first-order chi connectivity index (χ1) is 12.0. The molecule has 1 aromatic heterocycles. The Bertz CT molecular complexity index is 827. The number of thiocarbonyl (C=S) groups is 1. The van der Waals surface area contributed by atoms with Crippen LogP contribution in [-0.2, 0) is 32.2 Å². The molecule has 2 rings (SSSR count). The Kier molecular flexibility index (Phi) is 11.7. The molecule has 153 valence electrons. The van der Waals surface area contributed by atoms with E-state index in [-0.39, 0.29) is 29.0 Å². The van der Waals surface area contributed by atoms with Gasteiger partial charge >= 0.3 is 17.1 Å². The van der Waals surface area contributed by atoms with Crippen LogP contribution in [0, 0.1) is 0 Å². The SMILES string of the molecule is CCOC(=S)C(C(C)c1ccc(Cl)cc1Cl)n1ccnc1.O=S(=O)([O-])[O-].[Cu+2]. The van der Waals surface area contributed by atoms with E-state index in [1.165, 1.54) is 0 Å². The van der Waals surface area contributed by atoms with E-state index in [0.29, 0.717) is 21.7 Å². The molecule has 2 aromatic rings. The summed E-state index contributed by atoms with van der Waals surface area (Å²) in [5.41, 5.74) is 0.974. The minimum Gasteiger partial charge on any atom is -0.759 e. The van der Waals surface area contributed by atoms with Crippen LogP contribution in [0.15, 0.2) is 36.9 Å². The summed E-state index contributed by atoms with van der Waals surface area (Å²) in [7, 11) is -5.17. The third-order valence-corrected chi connectivity index (χ3v) is 4.22. The number of halogens is 2. The van der Waals surface area contributed by atoms with Crippen LogP contribution < -0.4 is 0 Å². The Morgan fingerprint density at radius 1 is 1.37 bits per heavy atom. The van der Waals surface area contributed by atoms with Gasteiger partial charge in [0.25, 0.3) is 0 Å². The van der Waals surface area contributed by atoms with Gasteiger partial charge in [0.2, 0.25) is 0 Å². The fourth-order valence-corrected chi connectivity index (χ4v) is 3.31. The van der Waals surface area contributed by atoms with Crippen LogP contribution in [0.1, 0.15) is 31.4 Å². The number of hydrogen-bond acceptors (Lipinski definition) is 7. The first kappa shape index (κ1) is 26.3. The Morgan fingerprint density at radius 3 is 2.41 bits per heavy atom. The van der Waals surface area contributed by atoms with E-state index < -0.39 is 10.4 Å². The molecule has 0 amide bonds. The summed E-state index contributed by atoms with van der Waals surface area (Å²) in [6.45, 7) is 4.51. The Balaban J connectivity index is 0.00000100. The van der Waals surface area contributed by atoms with Crippen molar-refractivity contribution < 1.29 is 39.3 Å². The van der Waals surface area contributed by atoms with E-state index in [9.17, 15) is 0 Å². The molecule has 7 nitrogen and oxygen atoms in total. The van der Waals surface area contributed by atoms with Gasteiger partial charge in [-0.1, -0.05) is 36.2 Å². The zero-order valence-electron chi connectivity index (χ0n) is 14.1. The predicted octanol–water partition coefficient (Wildman–Crippen LogP) is 3.56. The smallest absolute Gasteiger partial charge is 0.759 e. The summed E-state index contributed by atoms with van der Waals surface area (Å²) in [6, 6.07) is 5.34. The quantitative estimate of drug-likeness (QED) is 0.266. The summed E-state index contributed by atoms with van der Waals surface area (Å²) in [4.78, 5) is 4.09. The first-order valence-electron chi connectivity index (χ1n) is 7.30. The molecule has 0 aliphatic carbocycles. The third kappa shape index (κ3) is 9.36. The number of benzene rings is 1. The molecule has 0 N–H and O–H groups in total. The van der Waals surface area contributed by atoms with Gasteiger partial charge in [-0.3, -0.25) is 8.42 Å². The maximum atomic E-state index is 8.52. The number of ether oxygens (including phenoxy) is 1. The van der Waals surface area contributed by atoms with Crippen molar-refractivity contribution in [2.24, 2.45) is 0 Å². The summed E-state index contributed by atoms with van der Waals surface area (Å²) >= 11 is 17.7. The molecule has 27 heavy (non-hydrogen) atoms. The van der Waals surface area contributed by atoms with Crippen LogP contribution in [0.5, 0.6) is 0 Å². The van der Waals surface area contributed by atoms with Crippen LogP contribution in [0.4, 0.5) is 0 Å². The topological polar surface area (TPSA) is 107 Å². The molecule has 0 saturated heterocycles. The van der Waals surface area contributed by atoms with Crippen molar-refractivity contribution in [1.29, 1.82) is 0 Å². The molecule has 1 radical (unpaired) electrons. The molecule has 2 unspecified atom stereocenters. The zero-order chi connectivity index (χ0) is 19.9. The summed E-state index contributed by atoms with van der Waals surface area (Å²) < 4.78 is 41.6. The van der Waals surface area contributed by atoms with Crippen molar-refractivity contribution in [2.75, 3.05) is 6.61 Å². The Hall–Kier alpha value is -0.711. The molecule has 2 atom stereocenters. The van der Waals surface area contributed by atoms with Gasteiger partial charge in [0.15, 0.2) is 5.05 Å². The van der Waals surface area contributed by atoms with Crippen LogP contribution in [-0.4, -0.2) is 38.7 Å². The van der Waals surface area contributed by atoms with Gasteiger partial charge in [-0.05, 0) is 36.8 Å². The monoisotopic (exact) mass is 501 g/mol. The van der Waals surface area contributed by atoms with Crippen molar-refractivity contribution in [3.8, 4) is 0 Å². The zero-order valence-corrected chi connectivity index (χ0v) is 18.2. The van der Waals surface area contributed by atoms with E-state index in [4.69, 9.17) is 57.7 Å². The van der Waals surface area contributed by atoms with E-state index in [1.54, 1.807) is 18.6 Å². The van der Waals surface area contributed by atoms with Gasteiger partial charge in [-0.15, -0.1) is 0 Å². The first-order valence-corrected chi connectivity index (χ1v) is 9.80. The number of aromatic nitrogens is 2. The number of hydrogen-bond donors (Lipinski definition) is 0. The minimum absolute atomic E-state index is 0. The summed E-state index contributed by atoms with van der Waals surface area (Å²) in [6.07, 6.45) is 5.32. The van der Waals surface area contributed by atoms with Gasteiger partial charge in [-0.25, -0.2) is 4.98 Å². The van der Waals surface area contributed by atoms with Crippen LogP contribution in [0.3, 0.4) is 0 Å². The van der Waals surface area contributed by atoms with Gasteiger partial charge in [0.1, 0.15) is 6.04 Å². The second-order valence-corrected chi connectivity index (χ2v) is 7.13. The molecule has 1 aromatic carbocycles. The van der Waals surface area contributed by atoms with Crippen LogP contribution in [0.2, 0.25) is 10.0 Å². The molecule has 0 saturated carbocycles. The van der Waals surface area contributed by atoms with Crippen molar-refractivity contribution in [2.45, 2.75) is 25.8 Å². The summed E-state index contributed by atoms with van der Waals surface area (Å²) in [5.74, 6) is 0.0306. The van der Waals surface area contributed by atoms with Gasteiger partial charge in [-0.2, -0.15) is 0 Å². The maximum absolute atomic E-state index is 8.52. The van der Waals surface area contributed by atoms with Gasteiger partial charge in [0, 0.05) is 38.8 Å². The molecular weight excluding hydrogens is 487 g/mol. The Morgan fingerprint density at radius 2 is 1.96 bits per heavy atom. The molecule has 12 heteroatoms. The molecule has 0 fully saturated rings. The second-order valence-electron chi connectivity index (χ2n) is 5.07. The van der Waals surface area contributed by atoms with Crippen LogP contribution in [0.25, 0.3) is 0 Å². The molecule has 0 aliphatic rings. The molecular formula is C15H16Cl2CuN2O5S2. The number of nitrogens with zero attached hydrogens (tertiary/aromatic N) is 2. The second kappa shape index (κ2) is 12.0. The molecule has 0 spiro atoms. The van der Waals surface area contributed by atoms with E-state index >= 15 is 0 Å². The largest absolute Gasteiger partial charge is 2.00 e. The average Bonchev–Trinajstić information content (AvgIpc) is 2.99. The van der Waals surface area contributed by atoms with Crippen molar-refractivity contribution >= 4 is 50.9 Å². The fraction of sp³-hybridized carbons (Fsp3) is 0.333. The van der Waals surface area contributed by atoms with E-state index in [2.05, 4.69) is 11.9 Å². The standard InChI is InChI=1S/C15H16Cl2N2OS.Cu.H2O4S/c1-3-20-15(21)14(19-7-6-18-9-19)10(2)12-5-4-11(16)8-13(12)17;;1-5(2,3)4/h4-10,14H,3H2,1-2H3;;(H2,1,2,3,4)/q;+2;/p-2.